The van der Waals surface area contributed by atoms with Crippen molar-refractivity contribution in [2.24, 2.45) is 0 Å². The van der Waals surface area contributed by atoms with Gasteiger partial charge in [0.05, 0.1) is 16.2 Å². The predicted octanol–water partition coefficient (Wildman–Crippen LogP) is 8.54. The van der Waals surface area contributed by atoms with E-state index in [1.807, 2.05) is 0 Å². The van der Waals surface area contributed by atoms with Crippen LogP contribution in [0.4, 0.5) is 79.0 Å². The smallest absolute Gasteiger partial charge is 0.219 e. The zero-order valence-electron chi connectivity index (χ0n) is 20.9. The fraction of sp³-hybridized carbons (Fsp3) is 0.0370. The molecule has 19 heteroatoms. The topological polar surface area (TPSA) is 0 Å². The summed E-state index contributed by atoms with van der Waals surface area (Å²) in [5.41, 5.74) is -16.7. The van der Waals surface area contributed by atoms with E-state index in [1.165, 1.54) is 0 Å². The average molecular weight is 677 g/mol. The van der Waals surface area contributed by atoms with Gasteiger partial charge in [-0.2, -0.15) is 0 Å². The summed E-state index contributed by atoms with van der Waals surface area (Å²) in [7, 11) is -0.917. The van der Waals surface area contributed by atoms with Gasteiger partial charge in [-0.3, -0.25) is 0 Å². The van der Waals surface area contributed by atoms with Crippen molar-refractivity contribution in [3.63, 3.8) is 0 Å². The zero-order valence-corrected chi connectivity index (χ0v) is 20.9. The first-order valence-corrected chi connectivity index (χ1v) is 11.7. The normalized spacial score (nSPS) is 13.6. The van der Waals surface area contributed by atoms with E-state index in [0.717, 1.165) is 0 Å². The second-order valence-electron chi connectivity index (χ2n) is 9.61. The molecule has 6 rings (SSSR count). The second kappa shape index (κ2) is 9.71. The highest BCUT2D eigenvalue weighted by Gasteiger charge is 2.55. The van der Waals surface area contributed by atoms with Gasteiger partial charge < -0.3 is 0 Å². The van der Waals surface area contributed by atoms with Crippen molar-refractivity contribution in [1.29, 1.82) is 0 Å². The maximum atomic E-state index is 16.9. The number of fused-ring (bicyclic) bond motifs is 5. The SMILES string of the molecule is Fc1c(F)c(F)c2c(c1F)-c1c(F)c(F)c(F)c(F)c1C2(F)[B]c1c(F)c(F)c(F)c2c(F)c3c(F)c(F)c(F)c(F)c3c(F)c12. The molecule has 0 fully saturated rings. The van der Waals surface area contributed by atoms with Gasteiger partial charge >= 0.3 is 0 Å². The number of hydrogen-bond donors (Lipinski definition) is 0. The van der Waals surface area contributed by atoms with Gasteiger partial charge in [-0.1, -0.05) is 0 Å². The van der Waals surface area contributed by atoms with E-state index in [-0.39, 0.29) is 0 Å². The molecule has 0 saturated heterocycles. The summed E-state index contributed by atoms with van der Waals surface area (Å²) < 4.78 is 266. The van der Waals surface area contributed by atoms with E-state index in [0.29, 0.717) is 0 Å². The van der Waals surface area contributed by atoms with Crippen molar-refractivity contribution in [3.05, 3.63) is 110 Å². The van der Waals surface area contributed by atoms with Crippen LogP contribution >= 0.6 is 0 Å². The van der Waals surface area contributed by atoms with Crippen LogP contribution in [0.5, 0.6) is 0 Å². The summed E-state index contributed by atoms with van der Waals surface area (Å²) in [5, 5.41) is -9.20. The lowest BCUT2D eigenvalue weighted by Gasteiger charge is -2.25. The van der Waals surface area contributed by atoms with E-state index in [2.05, 4.69) is 0 Å². The predicted molar refractivity (Wildman–Crippen MR) is 120 cm³/mol. The second-order valence-corrected chi connectivity index (χ2v) is 9.61. The third-order valence-corrected chi connectivity index (χ3v) is 7.36. The number of benzene rings is 5. The van der Waals surface area contributed by atoms with Gasteiger partial charge in [0, 0.05) is 27.6 Å². The van der Waals surface area contributed by atoms with Gasteiger partial charge in [0.25, 0.3) is 0 Å². The summed E-state index contributed by atoms with van der Waals surface area (Å²) >= 11 is 0. The Labute approximate surface area is 240 Å². The fourth-order valence-electron chi connectivity index (χ4n) is 5.43. The molecule has 0 aliphatic heterocycles. The largest absolute Gasteiger partial charge is 0.243 e. The summed E-state index contributed by atoms with van der Waals surface area (Å²) in [6, 6.07) is 0. The van der Waals surface area contributed by atoms with Crippen LogP contribution in [0.15, 0.2) is 0 Å². The lowest BCUT2D eigenvalue weighted by Crippen LogP contribution is -2.40. The third-order valence-electron chi connectivity index (χ3n) is 7.36. The molecule has 237 valence electrons. The Bertz CT molecular complexity index is 2210. The Balaban J connectivity index is 1.84. The zero-order chi connectivity index (χ0) is 34.2. The molecule has 5 aromatic rings. The lowest BCUT2D eigenvalue weighted by molar-refractivity contribution is 0.306. The number of halogens is 18. The molecule has 0 aromatic heterocycles. The van der Waals surface area contributed by atoms with E-state index in [1.54, 1.807) is 0 Å². The molecule has 0 saturated carbocycles. The molecule has 46 heavy (non-hydrogen) atoms. The van der Waals surface area contributed by atoms with Crippen molar-refractivity contribution >= 4 is 34.3 Å². The molecule has 1 aliphatic rings. The molecule has 0 atom stereocenters. The Kier molecular flexibility index (Phi) is 6.63. The average Bonchev–Trinajstić information content (AvgIpc) is 3.29. The van der Waals surface area contributed by atoms with Gasteiger partial charge in [-0.15, -0.1) is 0 Å². The monoisotopic (exact) mass is 677 g/mol. The lowest BCUT2D eigenvalue weighted by atomic mass is 9.52. The Morgan fingerprint density at radius 1 is 0.283 bits per heavy atom. The van der Waals surface area contributed by atoms with E-state index in [4.69, 9.17) is 0 Å². The molecule has 1 aliphatic carbocycles. The first kappa shape index (κ1) is 31.4. The summed E-state index contributed by atoms with van der Waals surface area (Å²) in [6.07, 6.45) is 0. The van der Waals surface area contributed by atoms with Gasteiger partial charge in [0.1, 0.15) is 17.2 Å². The van der Waals surface area contributed by atoms with Crippen LogP contribution in [0.3, 0.4) is 0 Å². The highest BCUT2D eigenvalue weighted by atomic mass is 19.2. The Morgan fingerprint density at radius 2 is 0.565 bits per heavy atom. The van der Waals surface area contributed by atoms with Crippen LogP contribution in [0.1, 0.15) is 11.1 Å². The van der Waals surface area contributed by atoms with Crippen LogP contribution in [0, 0.1) is 98.9 Å². The van der Waals surface area contributed by atoms with Gasteiger partial charge in [0.2, 0.25) is 7.28 Å². The van der Waals surface area contributed by atoms with Crippen LogP contribution < -0.4 is 5.46 Å². The van der Waals surface area contributed by atoms with E-state index in [9.17, 15) is 52.7 Å². The van der Waals surface area contributed by atoms with Crippen LogP contribution in [-0.2, 0) is 5.57 Å². The third kappa shape index (κ3) is 3.53. The number of alkyl halides is 1. The fourth-order valence-corrected chi connectivity index (χ4v) is 5.43. The highest BCUT2D eigenvalue weighted by Crippen LogP contribution is 2.55. The van der Waals surface area contributed by atoms with Gasteiger partial charge in [0.15, 0.2) is 87.3 Å². The Hall–Kier alpha value is -4.58. The van der Waals surface area contributed by atoms with Crippen molar-refractivity contribution in [1.82, 2.24) is 0 Å². The van der Waals surface area contributed by atoms with Crippen molar-refractivity contribution in [2.45, 2.75) is 5.57 Å². The van der Waals surface area contributed by atoms with Crippen molar-refractivity contribution < 1.29 is 79.0 Å². The van der Waals surface area contributed by atoms with Gasteiger partial charge in [-0.05, 0) is 5.46 Å². The summed E-state index contributed by atoms with van der Waals surface area (Å²) in [4.78, 5) is 0. The minimum absolute atomic E-state index is 0.917. The molecule has 0 amide bonds. The molecule has 0 heterocycles. The summed E-state index contributed by atoms with van der Waals surface area (Å²) in [5.74, 6) is -48.7. The van der Waals surface area contributed by atoms with Crippen LogP contribution in [0.25, 0.3) is 32.7 Å². The maximum absolute atomic E-state index is 16.9. The number of hydrogen-bond acceptors (Lipinski definition) is 0. The molecule has 0 nitrogen and oxygen atoms in total. The van der Waals surface area contributed by atoms with Crippen LogP contribution in [-0.4, -0.2) is 7.28 Å². The molecule has 0 N–H and O–H groups in total. The Morgan fingerprint density at radius 3 is 0.957 bits per heavy atom. The van der Waals surface area contributed by atoms with Crippen LogP contribution in [0.2, 0.25) is 0 Å². The molecule has 0 spiro atoms. The molecular weight excluding hydrogens is 677 g/mol. The molecule has 0 bridgehead atoms. The maximum Gasteiger partial charge on any atom is 0.219 e. The molecular formula is C27BF18. The van der Waals surface area contributed by atoms with Gasteiger partial charge in [-0.25, -0.2) is 79.0 Å². The highest BCUT2D eigenvalue weighted by molar-refractivity contribution is 6.61. The van der Waals surface area contributed by atoms with E-state index < -0.39 is 161 Å². The standard InChI is InChI=1S/C27BF18/c29-10-3-4(11(30)6-5(10)15(34)23(42)24(43)16(6)35)14(33)20(39)19(38)9(3)28-27(46)7-1(12(31)21(40)25(44)17(7)36)2-8(27)18(37)26(45)22(41)13(2)32. The molecule has 1 radical (unpaired) electrons. The minimum Gasteiger partial charge on any atom is -0.243 e. The van der Waals surface area contributed by atoms with Crippen molar-refractivity contribution in [3.8, 4) is 11.1 Å². The first-order valence-electron chi connectivity index (χ1n) is 11.7. The molecule has 5 aromatic carbocycles. The van der Waals surface area contributed by atoms with Crippen molar-refractivity contribution in [2.75, 3.05) is 0 Å². The first-order chi connectivity index (χ1) is 21.3. The summed E-state index contributed by atoms with van der Waals surface area (Å²) in [6.45, 7) is 0. The number of rotatable bonds is 2. The molecule has 0 unspecified atom stereocenters. The van der Waals surface area contributed by atoms with E-state index >= 15 is 26.3 Å². The minimum atomic E-state index is -4.93. The quantitative estimate of drug-likeness (QED) is 0.0578.